The first-order valence-electron chi connectivity index (χ1n) is 15.0. The minimum absolute atomic E-state index is 0.0518. The summed E-state index contributed by atoms with van der Waals surface area (Å²) in [5.74, 6) is 3.64. The summed E-state index contributed by atoms with van der Waals surface area (Å²) in [6.45, 7) is 10.5. The monoisotopic (exact) mass is 599 g/mol. The largest absolute Gasteiger partial charge is 0.494 e. The van der Waals surface area contributed by atoms with Crippen LogP contribution in [0.3, 0.4) is 0 Å². The molecule has 0 atom stereocenters. The van der Waals surface area contributed by atoms with Crippen LogP contribution in [0.5, 0.6) is 28.7 Å². The van der Waals surface area contributed by atoms with Crippen LogP contribution in [0.15, 0.2) is 36.4 Å². The number of rotatable bonds is 5. The van der Waals surface area contributed by atoms with Gasteiger partial charge in [0.15, 0.2) is 28.8 Å². The summed E-state index contributed by atoms with van der Waals surface area (Å²) in [6, 6.07) is 11.6. The number of anilines is 1. The predicted octanol–water partition coefficient (Wildman–Crippen LogP) is 5.05. The van der Waals surface area contributed by atoms with Crippen molar-refractivity contribution in [2.24, 2.45) is 0 Å². The van der Waals surface area contributed by atoms with Gasteiger partial charge in [0, 0.05) is 36.3 Å². The van der Waals surface area contributed by atoms with Crippen LogP contribution in [0.25, 0.3) is 0 Å². The van der Waals surface area contributed by atoms with Gasteiger partial charge in [-0.1, -0.05) is 20.8 Å². The Hall–Kier alpha value is -4.44. The second-order valence-electron chi connectivity index (χ2n) is 12.6. The fraction of sp³-hybridized carbons (Fsp3) is 0.412. The number of benzene rings is 3. The molecule has 3 aromatic carbocycles. The van der Waals surface area contributed by atoms with E-state index in [9.17, 15) is 4.79 Å². The van der Waals surface area contributed by atoms with Gasteiger partial charge in [-0.05, 0) is 58.5 Å². The lowest BCUT2D eigenvalue weighted by Gasteiger charge is -2.33. The molecular formula is C34H37N3O7. The number of hydrogen-bond donors (Lipinski definition) is 1. The Bertz CT molecular complexity index is 1660. The van der Waals surface area contributed by atoms with Crippen LogP contribution < -0.4 is 28.6 Å². The van der Waals surface area contributed by atoms with Crippen molar-refractivity contribution < 1.29 is 33.2 Å². The highest BCUT2D eigenvalue weighted by Crippen LogP contribution is 2.42. The molecule has 0 unspecified atom stereocenters. The molecule has 1 fully saturated rings. The molecule has 4 aliphatic rings. The number of ketones is 1. The van der Waals surface area contributed by atoms with Crippen molar-refractivity contribution in [2.75, 3.05) is 51.7 Å². The Morgan fingerprint density at radius 2 is 1.48 bits per heavy atom. The lowest BCUT2D eigenvalue weighted by molar-refractivity contribution is 0.0962. The maximum absolute atomic E-state index is 13.9. The van der Waals surface area contributed by atoms with Crippen molar-refractivity contribution in [2.45, 2.75) is 45.9 Å². The van der Waals surface area contributed by atoms with Crippen molar-refractivity contribution in [1.29, 1.82) is 5.41 Å². The average molecular weight is 600 g/mol. The van der Waals surface area contributed by atoms with E-state index in [0.717, 1.165) is 52.3 Å². The second-order valence-corrected chi connectivity index (χ2v) is 12.6. The van der Waals surface area contributed by atoms with Crippen LogP contribution in [0.2, 0.25) is 0 Å². The zero-order valence-corrected chi connectivity index (χ0v) is 25.6. The van der Waals surface area contributed by atoms with Gasteiger partial charge in [0.2, 0.25) is 6.79 Å². The third-order valence-electron chi connectivity index (χ3n) is 8.65. The van der Waals surface area contributed by atoms with E-state index < -0.39 is 0 Å². The van der Waals surface area contributed by atoms with Crippen LogP contribution in [0.4, 0.5) is 5.69 Å². The molecule has 10 heteroatoms. The van der Waals surface area contributed by atoms with E-state index in [-0.39, 0.29) is 24.5 Å². The number of carbonyl (C=O) groups is 1. The van der Waals surface area contributed by atoms with E-state index in [0.29, 0.717) is 67.4 Å². The Balaban J connectivity index is 1.13. The third kappa shape index (κ3) is 5.06. The lowest BCUT2D eigenvalue weighted by atomic mass is 9.84. The molecule has 0 amide bonds. The molecule has 44 heavy (non-hydrogen) atoms. The number of nitrogens with zero attached hydrogens (tertiary/aromatic N) is 2. The van der Waals surface area contributed by atoms with Crippen LogP contribution in [-0.4, -0.2) is 63.3 Å². The van der Waals surface area contributed by atoms with Gasteiger partial charge in [0.25, 0.3) is 0 Å². The topological polar surface area (TPSA) is 103 Å². The lowest BCUT2D eigenvalue weighted by Crippen LogP contribution is -2.37. The number of ether oxygens (including phenoxy) is 6. The first-order valence-corrected chi connectivity index (χ1v) is 15.0. The molecule has 0 saturated carbocycles. The van der Waals surface area contributed by atoms with E-state index in [1.54, 1.807) is 7.11 Å². The number of fused-ring (bicyclic) bond motifs is 4. The van der Waals surface area contributed by atoms with Gasteiger partial charge in [-0.15, -0.1) is 0 Å². The standard InChI is InChI=1S/C34H37N3O7/c1-34(2,3)25-9-20(10-26(32(25)39-4)36-5-7-40-8-6-36)27(38)16-37-15-21-11-28-31(14-24(21)33(37)35)42-18-23-13-30-29(43-19-44-30)12-22(23)17-41-28/h9-14,35H,5-8,15-19H2,1-4H3. The molecule has 0 radical (unpaired) electrons. The second kappa shape index (κ2) is 10.9. The molecule has 0 bridgehead atoms. The van der Waals surface area contributed by atoms with Crippen LogP contribution in [-0.2, 0) is 29.9 Å². The molecule has 230 valence electrons. The highest BCUT2D eigenvalue weighted by Gasteiger charge is 2.32. The summed E-state index contributed by atoms with van der Waals surface area (Å²) in [5.41, 5.74) is 5.86. The van der Waals surface area contributed by atoms with E-state index in [2.05, 4.69) is 25.7 Å². The molecule has 1 N–H and O–H groups in total. The minimum Gasteiger partial charge on any atom is -0.494 e. The summed E-state index contributed by atoms with van der Waals surface area (Å²) in [5, 5.41) is 8.97. The zero-order valence-electron chi connectivity index (χ0n) is 25.6. The molecule has 0 aliphatic carbocycles. The van der Waals surface area contributed by atoms with Crippen molar-refractivity contribution in [3.8, 4) is 28.7 Å². The van der Waals surface area contributed by atoms with E-state index >= 15 is 0 Å². The van der Waals surface area contributed by atoms with Gasteiger partial charge >= 0.3 is 0 Å². The number of morpholine rings is 1. The maximum Gasteiger partial charge on any atom is 0.231 e. The summed E-state index contributed by atoms with van der Waals surface area (Å²) >= 11 is 0. The van der Waals surface area contributed by atoms with Gasteiger partial charge in [-0.3, -0.25) is 10.2 Å². The first-order chi connectivity index (χ1) is 21.2. The van der Waals surface area contributed by atoms with Crippen molar-refractivity contribution in [1.82, 2.24) is 4.90 Å². The van der Waals surface area contributed by atoms with Gasteiger partial charge < -0.3 is 38.2 Å². The third-order valence-corrected chi connectivity index (χ3v) is 8.65. The normalized spacial score (nSPS) is 17.1. The number of nitrogens with one attached hydrogen (secondary N) is 1. The van der Waals surface area contributed by atoms with Crippen molar-refractivity contribution in [3.63, 3.8) is 0 Å². The molecule has 1 saturated heterocycles. The summed E-state index contributed by atoms with van der Waals surface area (Å²) in [4.78, 5) is 17.9. The molecular weight excluding hydrogens is 562 g/mol. The summed E-state index contributed by atoms with van der Waals surface area (Å²) in [7, 11) is 1.68. The Morgan fingerprint density at radius 3 is 2.11 bits per heavy atom. The Morgan fingerprint density at radius 1 is 0.864 bits per heavy atom. The fourth-order valence-electron chi connectivity index (χ4n) is 6.22. The highest BCUT2D eigenvalue weighted by molar-refractivity contribution is 6.06. The first kappa shape index (κ1) is 28.3. The smallest absolute Gasteiger partial charge is 0.231 e. The summed E-state index contributed by atoms with van der Waals surface area (Å²) < 4.78 is 34.9. The molecule has 10 nitrogen and oxygen atoms in total. The number of carbonyl (C=O) groups excluding carboxylic acids is 1. The molecule has 3 aromatic rings. The average Bonchev–Trinajstić information content (AvgIpc) is 3.59. The molecule has 4 heterocycles. The van der Waals surface area contributed by atoms with Crippen LogP contribution >= 0.6 is 0 Å². The van der Waals surface area contributed by atoms with Crippen molar-refractivity contribution in [3.05, 3.63) is 69.8 Å². The number of methoxy groups -OCH3 is 1. The Kier molecular flexibility index (Phi) is 7.04. The van der Waals surface area contributed by atoms with Gasteiger partial charge in [0.05, 0.1) is 32.6 Å². The van der Waals surface area contributed by atoms with E-state index in [4.69, 9.17) is 33.8 Å². The minimum atomic E-state index is -0.241. The van der Waals surface area contributed by atoms with Crippen LogP contribution in [0.1, 0.15) is 58.9 Å². The van der Waals surface area contributed by atoms with Crippen LogP contribution in [0, 0.1) is 5.41 Å². The molecule has 4 aliphatic heterocycles. The fourth-order valence-corrected chi connectivity index (χ4v) is 6.22. The number of hydrogen-bond acceptors (Lipinski definition) is 9. The number of amidine groups is 1. The van der Waals surface area contributed by atoms with E-state index in [1.807, 2.05) is 41.3 Å². The number of Topliss-reactive ketones (excluding diaryl/α,β-unsaturated/α-hetero) is 1. The molecule has 7 rings (SSSR count). The highest BCUT2D eigenvalue weighted by atomic mass is 16.7. The van der Waals surface area contributed by atoms with Crippen molar-refractivity contribution >= 4 is 17.3 Å². The molecule has 0 aromatic heterocycles. The molecule has 0 spiro atoms. The SMILES string of the molecule is COc1c(N2CCOCC2)cc(C(=O)CN2Cc3cc4c(cc3C2=N)OCc2cc3c(cc2CO4)OCO3)cc1C(C)(C)C. The Labute approximate surface area is 256 Å². The quantitative estimate of drug-likeness (QED) is 0.404. The van der Waals surface area contributed by atoms with Gasteiger partial charge in [-0.2, -0.15) is 0 Å². The van der Waals surface area contributed by atoms with Gasteiger partial charge in [0.1, 0.15) is 24.8 Å². The zero-order chi connectivity index (χ0) is 30.6. The maximum atomic E-state index is 13.9. The van der Waals surface area contributed by atoms with E-state index in [1.165, 1.54) is 0 Å². The predicted molar refractivity (Wildman–Crippen MR) is 164 cm³/mol. The summed E-state index contributed by atoms with van der Waals surface area (Å²) in [6.07, 6.45) is 0. The van der Waals surface area contributed by atoms with Gasteiger partial charge in [-0.25, -0.2) is 0 Å².